The normalized spacial score (nSPS) is 26.0. The molecule has 5 nitrogen and oxygen atoms in total. The molecular weight excluding hydrogens is 440 g/mol. The van der Waals surface area contributed by atoms with Crippen LogP contribution >= 0.6 is 0 Å². The van der Waals surface area contributed by atoms with E-state index in [1.54, 1.807) is 6.92 Å². The lowest BCUT2D eigenvalue weighted by Crippen LogP contribution is -2.34. The summed E-state index contributed by atoms with van der Waals surface area (Å²) in [4.78, 5) is 24.4. The maximum atomic E-state index is 12.4. The molecule has 1 unspecified atom stereocenters. The SMILES string of the molecule is C=C(C)C(=O)OCC(COC(=O)C(=C)C(C)(C)O)C1CCC(C2CCC(CCCCC)CC2)CC1. The lowest BCUT2D eigenvalue weighted by atomic mass is 9.67. The van der Waals surface area contributed by atoms with Gasteiger partial charge in [-0.05, 0) is 83.0 Å². The van der Waals surface area contributed by atoms with Crippen molar-refractivity contribution < 1.29 is 24.2 Å². The summed E-state index contributed by atoms with van der Waals surface area (Å²) < 4.78 is 11.0. The maximum Gasteiger partial charge on any atom is 0.336 e. The standard InChI is InChI=1S/C30H50O5/c1-7-8-9-10-23-11-13-24(14-12-23)25-15-17-26(18-16-25)27(19-34-28(31)21(2)3)20-35-29(32)22(4)30(5,6)33/h23-27,33H,2,4,7-20H2,1,3,5-6H3. The van der Waals surface area contributed by atoms with E-state index in [9.17, 15) is 14.7 Å². The van der Waals surface area contributed by atoms with E-state index in [1.807, 2.05) is 0 Å². The molecule has 2 aliphatic carbocycles. The topological polar surface area (TPSA) is 72.8 Å². The van der Waals surface area contributed by atoms with Gasteiger partial charge >= 0.3 is 11.9 Å². The minimum atomic E-state index is -1.33. The number of ether oxygens (including phenoxy) is 2. The maximum absolute atomic E-state index is 12.4. The monoisotopic (exact) mass is 490 g/mol. The molecule has 5 heteroatoms. The summed E-state index contributed by atoms with van der Waals surface area (Å²) in [7, 11) is 0. The predicted molar refractivity (Wildman–Crippen MR) is 141 cm³/mol. The Kier molecular flexibility index (Phi) is 12.0. The highest BCUT2D eigenvalue weighted by molar-refractivity contribution is 5.89. The molecule has 1 N–H and O–H groups in total. The molecule has 2 saturated carbocycles. The molecule has 0 bridgehead atoms. The van der Waals surface area contributed by atoms with E-state index in [-0.39, 0.29) is 24.7 Å². The van der Waals surface area contributed by atoms with Crippen molar-refractivity contribution in [3.63, 3.8) is 0 Å². The number of unbranched alkanes of at least 4 members (excludes halogenated alkanes) is 2. The van der Waals surface area contributed by atoms with Crippen molar-refractivity contribution in [3.8, 4) is 0 Å². The molecule has 0 aromatic carbocycles. The smallest absolute Gasteiger partial charge is 0.336 e. The molecule has 0 aliphatic heterocycles. The summed E-state index contributed by atoms with van der Waals surface area (Å²) in [5.41, 5.74) is -0.930. The Morgan fingerprint density at radius 1 is 0.886 bits per heavy atom. The van der Waals surface area contributed by atoms with E-state index >= 15 is 0 Å². The Bertz CT molecular complexity index is 703. The van der Waals surface area contributed by atoms with Crippen LogP contribution in [-0.2, 0) is 19.1 Å². The van der Waals surface area contributed by atoms with Gasteiger partial charge in [-0.25, -0.2) is 9.59 Å². The summed E-state index contributed by atoms with van der Waals surface area (Å²) in [6.07, 6.45) is 15.6. The van der Waals surface area contributed by atoms with E-state index in [0.29, 0.717) is 11.5 Å². The van der Waals surface area contributed by atoms with Gasteiger partial charge in [0.2, 0.25) is 0 Å². The summed E-state index contributed by atoms with van der Waals surface area (Å²) >= 11 is 0. The first-order valence-corrected chi connectivity index (χ1v) is 13.9. The Hall–Kier alpha value is -1.62. The zero-order chi connectivity index (χ0) is 26.0. The van der Waals surface area contributed by atoms with Crippen molar-refractivity contribution >= 4 is 11.9 Å². The Balaban J connectivity index is 1.87. The predicted octanol–water partition coefficient (Wildman–Crippen LogP) is 6.79. The van der Waals surface area contributed by atoms with Gasteiger partial charge in [-0.3, -0.25) is 0 Å². The second-order valence-corrected chi connectivity index (χ2v) is 11.7. The third-order valence-electron chi connectivity index (χ3n) is 8.45. The van der Waals surface area contributed by atoms with Crippen LogP contribution in [-0.4, -0.2) is 35.9 Å². The molecule has 0 heterocycles. The molecule has 0 amide bonds. The first-order valence-electron chi connectivity index (χ1n) is 13.9. The first-order chi connectivity index (χ1) is 16.5. The van der Waals surface area contributed by atoms with Crippen LogP contribution in [0.15, 0.2) is 24.3 Å². The molecule has 1 atom stereocenters. The second kappa shape index (κ2) is 14.2. The molecular formula is C30H50O5. The van der Waals surface area contributed by atoms with Crippen LogP contribution in [0.25, 0.3) is 0 Å². The fraction of sp³-hybridized carbons (Fsp3) is 0.800. The van der Waals surface area contributed by atoms with Gasteiger partial charge in [-0.1, -0.05) is 58.6 Å². The zero-order valence-electron chi connectivity index (χ0n) is 22.8. The molecule has 2 rings (SSSR count). The minimum absolute atomic E-state index is 0.0317. The number of hydrogen-bond donors (Lipinski definition) is 1. The Morgan fingerprint density at radius 3 is 1.89 bits per heavy atom. The molecule has 0 radical (unpaired) electrons. The fourth-order valence-corrected chi connectivity index (χ4v) is 5.86. The van der Waals surface area contributed by atoms with Crippen LogP contribution < -0.4 is 0 Å². The van der Waals surface area contributed by atoms with Crippen LogP contribution in [0.3, 0.4) is 0 Å². The summed E-state index contributed by atoms with van der Waals surface area (Å²) in [5.74, 6) is 1.86. The number of esters is 2. The lowest BCUT2D eigenvalue weighted by molar-refractivity contribution is -0.147. The van der Waals surface area contributed by atoms with Gasteiger partial charge in [0.1, 0.15) is 0 Å². The van der Waals surface area contributed by atoms with Gasteiger partial charge in [-0.15, -0.1) is 0 Å². The first kappa shape index (κ1) is 29.6. The number of hydrogen-bond acceptors (Lipinski definition) is 5. The minimum Gasteiger partial charge on any atom is -0.462 e. The van der Waals surface area contributed by atoms with Crippen LogP contribution in [0.4, 0.5) is 0 Å². The largest absolute Gasteiger partial charge is 0.462 e. The van der Waals surface area contributed by atoms with Crippen LogP contribution in [0.1, 0.15) is 105 Å². The highest BCUT2D eigenvalue weighted by atomic mass is 16.5. The Morgan fingerprint density at radius 2 is 1.40 bits per heavy atom. The summed E-state index contributed by atoms with van der Waals surface area (Å²) in [6, 6.07) is 0. The number of carbonyl (C=O) groups is 2. The van der Waals surface area contributed by atoms with E-state index in [2.05, 4.69) is 20.1 Å². The molecule has 0 saturated heterocycles. The van der Waals surface area contributed by atoms with E-state index < -0.39 is 17.5 Å². The molecule has 0 spiro atoms. The van der Waals surface area contributed by atoms with Crippen molar-refractivity contribution in [2.75, 3.05) is 13.2 Å². The van der Waals surface area contributed by atoms with Crippen molar-refractivity contribution in [3.05, 3.63) is 24.3 Å². The van der Waals surface area contributed by atoms with Gasteiger partial charge in [0.05, 0.1) is 24.4 Å². The van der Waals surface area contributed by atoms with Crippen LogP contribution in [0.2, 0.25) is 0 Å². The van der Waals surface area contributed by atoms with Crippen LogP contribution in [0, 0.1) is 29.6 Å². The second-order valence-electron chi connectivity index (χ2n) is 11.7. The zero-order valence-corrected chi connectivity index (χ0v) is 22.8. The number of rotatable bonds is 13. The van der Waals surface area contributed by atoms with Crippen molar-refractivity contribution in [2.45, 2.75) is 110 Å². The summed E-state index contributed by atoms with van der Waals surface area (Å²) in [5, 5.41) is 10.1. The van der Waals surface area contributed by atoms with Gasteiger partial charge in [0.15, 0.2) is 0 Å². The van der Waals surface area contributed by atoms with E-state index in [4.69, 9.17) is 9.47 Å². The molecule has 2 aliphatic rings. The number of aliphatic hydroxyl groups is 1. The van der Waals surface area contributed by atoms with Crippen molar-refractivity contribution in [1.82, 2.24) is 0 Å². The third kappa shape index (κ3) is 9.74. The Labute approximate surface area is 213 Å². The fourth-order valence-electron chi connectivity index (χ4n) is 5.86. The third-order valence-corrected chi connectivity index (χ3v) is 8.45. The van der Waals surface area contributed by atoms with E-state index in [1.165, 1.54) is 78.1 Å². The molecule has 35 heavy (non-hydrogen) atoms. The van der Waals surface area contributed by atoms with Crippen molar-refractivity contribution in [2.24, 2.45) is 29.6 Å². The quantitative estimate of drug-likeness (QED) is 0.175. The summed E-state index contributed by atoms with van der Waals surface area (Å²) in [6.45, 7) is 14.7. The van der Waals surface area contributed by atoms with E-state index in [0.717, 1.165) is 30.6 Å². The average Bonchev–Trinajstić information content (AvgIpc) is 2.83. The molecule has 200 valence electrons. The number of carbonyl (C=O) groups excluding carboxylic acids is 2. The van der Waals surface area contributed by atoms with Crippen molar-refractivity contribution in [1.29, 1.82) is 0 Å². The lowest BCUT2D eigenvalue weighted by Gasteiger charge is -2.39. The molecule has 2 fully saturated rings. The molecule has 0 aromatic heterocycles. The van der Waals surface area contributed by atoms with Gasteiger partial charge in [0.25, 0.3) is 0 Å². The highest BCUT2D eigenvalue weighted by Crippen LogP contribution is 2.43. The van der Waals surface area contributed by atoms with Crippen LogP contribution in [0.5, 0.6) is 0 Å². The highest BCUT2D eigenvalue weighted by Gasteiger charge is 2.35. The van der Waals surface area contributed by atoms with Gasteiger partial charge in [0, 0.05) is 11.5 Å². The van der Waals surface area contributed by atoms with Gasteiger partial charge < -0.3 is 14.6 Å². The van der Waals surface area contributed by atoms with Gasteiger partial charge in [-0.2, -0.15) is 0 Å². The average molecular weight is 491 g/mol. The molecule has 0 aromatic rings.